The van der Waals surface area contributed by atoms with Gasteiger partial charge >= 0.3 is 0 Å². The maximum absolute atomic E-state index is 10.7. The number of piperidine rings is 1. The maximum atomic E-state index is 10.7. The van der Waals surface area contributed by atoms with Gasteiger partial charge < -0.3 is 9.69 Å². The Kier molecular flexibility index (Phi) is 2.79. The number of aryl methyl sites for hydroxylation is 1. The van der Waals surface area contributed by atoms with E-state index in [1.807, 2.05) is 0 Å². The van der Waals surface area contributed by atoms with E-state index in [-0.39, 0.29) is 5.92 Å². The Hall–Kier alpha value is -1.45. The highest BCUT2D eigenvalue weighted by atomic mass is 16.1. The summed E-state index contributed by atoms with van der Waals surface area (Å²) >= 11 is 0. The normalized spacial score (nSPS) is 20.4. The van der Waals surface area contributed by atoms with E-state index in [0.717, 1.165) is 50.9 Å². The van der Waals surface area contributed by atoms with Crippen LogP contribution < -0.4 is 4.90 Å². The molecule has 0 radical (unpaired) electrons. The van der Waals surface area contributed by atoms with E-state index in [2.05, 4.69) is 14.9 Å². The van der Waals surface area contributed by atoms with Gasteiger partial charge in [0.25, 0.3) is 0 Å². The summed E-state index contributed by atoms with van der Waals surface area (Å²) in [7, 11) is 0. The molecule has 1 saturated heterocycles. The van der Waals surface area contributed by atoms with Gasteiger partial charge in [-0.1, -0.05) is 0 Å². The zero-order valence-electron chi connectivity index (χ0n) is 9.93. The third kappa shape index (κ3) is 1.92. The van der Waals surface area contributed by atoms with Crippen LogP contribution in [0.4, 0.5) is 5.82 Å². The van der Waals surface area contributed by atoms with Crippen LogP contribution in [0.5, 0.6) is 0 Å². The summed E-state index contributed by atoms with van der Waals surface area (Å²) in [6.07, 6.45) is 8.11. The fourth-order valence-electron chi connectivity index (χ4n) is 2.86. The molecule has 1 aliphatic carbocycles. The minimum absolute atomic E-state index is 0.251. The van der Waals surface area contributed by atoms with Crippen LogP contribution in [0.25, 0.3) is 0 Å². The van der Waals surface area contributed by atoms with Crippen molar-refractivity contribution in [3.8, 4) is 0 Å². The number of hydrogen-bond acceptors (Lipinski definition) is 4. The molecule has 0 unspecified atom stereocenters. The van der Waals surface area contributed by atoms with Gasteiger partial charge in [-0.25, -0.2) is 9.97 Å². The number of carbonyl (C=O) groups excluding carboxylic acids is 1. The second kappa shape index (κ2) is 4.43. The molecule has 2 aliphatic rings. The van der Waals surface area contributed by atoms with Crippen LogP contribution in [0.1, 0.15) is 30.5 Å². The Bertz CT molecular complexity index is 425. The van der Waals surface area contributed by atoms with Gasteiger partial charge in [0.1, 0.15) is 18.4 Å². The van der Waals surface area contributed by atoms with Crippen molar-refractivity contribution in [3.63, 3.8) is 0 Å². The lowest BCUT2D eigenvalue weighted by Crippen LogP contribution is -2.35. The third-order valence-electron chi connectivity index (χ3n) is 3.88. The van der Waals surface area contributed by atoms with Gasteiger partial charge in [0.15, 0.2) is 0 Å². The molecule has 90 valence electrons. The predicted molar refractivity (Wildman–Crippen MR) is 65.1 cm³/mol. The van der Waals surface area contributed by atoms with Crippen molar-refractivity contribution in [1.82, 2.24) is 9.97 Å². The van der Waals surface area contributed by atoms with Gasteiger partial charge in [-0.05, 0) is 32.1 Å². The number of aromatic nitrogens is 2. The first-order valence-corrected chi connectivity index (χ1v) is 6.41. The summed E-state index contributed by atoms with van der Waals surface area (Å²) < 4.78 is 0. The molecular weight excluding hydrogens is 214 g/mol. The molecule has 2 heterocycles. The first-order chi connectivity index (χ1) is 8.38. The summed E-state index contributed by atoms with van der Waals surface area (Å²) in [4.78, 5) is 21.9. The maximum Gasteiger partial charge on any atom is 0.135 e. The predicted octanol–water partition coefficient (Wildman–Crippen LogP) is 1.38. The molecule has 1 aromatic heterocycles. The monoisotopic (exact) mass is 231 g/mol. The molecule has 1 aromatic rings. The number of anilines is 1. The van der Waals surface area contributed by atoms with Gasteiger partial charge in [-0.15, -0.1) is 0 Å². The Balaban J connectivity index is 1.81. The van der Waals surface area contributed by atoms with Crippen LogP contribution in [-0.4, -0.2) is 29.3 Å². The summed E-state index contributed by atoms with van der Waals surface area (Å²) in [5.74, 6) is 1.37. The summed E-state index contributed by atoms with van der Waals surface area (Å²) in [5.41, 5.74) is 2.57. The van der Waals surface area contributed by atoms with Crippen LogP contribution in [-0.2, 0) is 17.6 Å². The molecule has 0 atom stereocenters. The highest BCUT2D eigenvalue weighted by molar-refractivity contribution is 5.56. The van der Waals surface area contributed by atoms with E-state index in [1.54, 1.807) is 6.33 Å². The van der Waals surface area contributed by atoms with Crippen LogP contribution in [0.2, 0.25) is 0 Å². The SMILES string of the molecule is O=CC1CCN(c2ncnc3c2CCC3)CC1. The van der Waals surface area contributed by atoms with Crippen molar-refractivity contribution in [3.05, 3.63) is 17.6 Å². The van der Waals surface area contributed by atoms with Crippen molar-refractivity contribution < 1.29 is 4.79 Å². The average molecular weight is 231 g/mol. The summed E-state index contributed by atoms with van der Waals surface area (Å²) in [6.45, 7) is 1.90. The second-order valence-electron chi connectivity index (χ2n) is 4.94. The lowest BCUT2D eigenvalue weighted by atomic mass is 9.98. The van der Waals surface area contributed by atoms with Crippen LogP contribution in [0.15, 0.2) is 6.33 Å². The van der Waals surface area contributed by atoms with Crippen molar-refractivity contribution in [2.24, 2.45) is 5.92 Å². The smallest absolute Gasteiger partial charge is 0.135 e. The molecule has 0 N–H and O–H groups in total. The van der Waals surface area contributed by atoms with Crippen LogP contribution in [0, 0.1) is 5.92 Å². The summed E-state index contributed by atoms with van der Waals surface area (Å²) in [6, 6.07) is 0. The Labute approximate surface area is 101 Å². The third-order valence-corrected chi connectivity index (χ3v) is 3.88. The molecule has 0 saturated carbocycles. The van der Waals surface area contributed by atoms with Crippen molar-refractivity contribution in [2.75, 3.05) is 18.0 Å². The quantitative estimate of drug-likeness (QED) is 0.721. The first kappa shape index (κ1) is 10.7. The van der Waals surface area contributed by atoms with Crippen LogP contribution in [0.3, 0.4) is 0 Å². The number of carbonyl (C=O) groups is 1. The van der Waals surface area contributed by atoms with E-state index in [0.29, 0.717) is 0 Å². The molecule has 1 fully saturated rings. The minimum atomic E-state index is 0.251. The van der Waals surface area contributed by atoms with Gasteiger partial charge in [-0.2, -0.15) is 0 Å². The van der Waals surface area contributed by atoms with E-state index in [9.17, 15) is 4.79 Å². The van der Waals surface area contributed by atoms with Gasteiger partial charge in [0.2, 0.25) is 0 Å². The molecule has 3 rings (SSSR count). The molecule has 17 heavy (non-hydrogen) atoms. The van der Waals surface area contributed by atoms with E-state index in [1.165, 1.54) is 17.7 Å². The van der Waals surface area contributed by atoms with Crippen LogP contribution >= 0.6 is 0 Å². The number of fused-ring (bicyclic) bond motifs is 1. The molecule has 0 amide bonds. The number of hydrogen-bond donors (Lipinski definition) is 0. The minimum Gasteiger partial charge on any atom is -0.356 e. The summed E-state index contributed by atoms with van der Waals surface area (Å²) in [5, 5.41) is 0. The first-order valence-electron chi connectivity index (χ1n) is 6.41. The van der Waals surface area contributed by atoms with Gasteiger partial charge in [0.05, 0.1) is 0 Å². The molecule has 4 nitrogen and oxygen atoms in total. The lowest BCUT2D eigenvalue weighted by molar-refractivity contribution is -0.111. The Morgan fingerprint density at radius 2 is 2.06 bits per heavy atom. The highest BCUT2D eigenvalue weighted by Crippen LogP contribution is 2.30. The van der Waals surface area contributed by atoms with Gasteiger partial charge in [-0.3, -0.25) is 0 Å². The van der Waals surface area contributed by atoms with E-state index < -0.39 is 0 Å². The molecule has 0 aromatic carbocycles. The Morgan fingerprint density at radius 1 is 1.24 bits per heavy atom. The van der Waals surface area contributed by atoms with E-state index in [4.69, 9.17) is 0 Å². The number of nitrogens with zero attached hydrogens (tertiary/aromatic N) is 3. The average Bonchev–Trinajstić information content (AvgIpc) is 2.87. The lowest BCUT2D eigenvalue weighted by Gasteiger charge is -2.31. The molecule has 4 heteroatoms. The van der Waals surface area contributed by atoms with Gasteiger partial charge in [0, 0.05) is 30.3 Å². The highest BCUT2D eigenvalue weighted by Gasteiger charge is 2.24. The number of aldehydes is 1. The zero-order chi connectivity index (χ0) is 11.7. The molecular formula is C13H17N3O. The topological polar surface area (TPSA) is 46.1 Å². The molecule has 1 aliphatic heterocycles. The fourth-order valence-corrected chi connectivity index (χ4v) is 2.86. The standard InChI is InChI=1S/C13H17N3O/c17-8-10-4-6-16(7-5-10)13-11-2-1-3-12(11)14-9-15-13/h8-10H,1-7H2. The van der Waals surface area contributed by atoms with Crippen molar-refractivity contribution in [2.45, 2.75) is 32.1 Å². The largest absolute Gasteiger partial charge is 0.356 e. The van der Waals surface area contributed by atoms with Crippen molar-refractivity contribution >= 4 is 12.1 Å². The molecule has 0 bridgehead atoms. The zero-order valence-corrected chi connectivity index (χ0v) is 9.93. The van der Waals surface area contributed by atoms with E-state index >= 15 is 0 Å². The van der Waals surface area contributed by atoms with Crippen molar-refractivity contribution in [1.29, 1.82) is 0 Å². The second-order valence-corrected chi connectivity index (χ2v) is 4.94. The number of rotatable bonds is 2. The Morgan fingerprint density at radius 3 is 2.82 bits per heavy atom. The molecule has 0 spiro atoms. The fraction of sp³-hybridized carbons (Fsp3) is 0.615.